The Balaban J connectivity index is 3.12. The molecule has 0 aromatic rings. The fraction of sp³-hybridized carbons (Fsp3) is 0.692. The van der Waals surface area contributed by atoms with E-state index < -0.39 is 35.8 Å². The van der Waals surface area contributed by atoms with Crippen LogP contribution in [-0.2, 0) is 19.1 Å². The molecular weight excluding hydrogens is 264 g/mol. The summed E-state index contributed by atoms with van der Waals surface area (Å²) in [5.74, 6) is -3.15. The summed E-state index contributed by atoms with van der Waals surface area (Å²) in [5.41, 5.74) is 0. The molecule has 0 aromatic carbocycles. The number of amides is 4. The van der Waals surface area contributed by atoms with Gasteiger partial charge in [0.2, 0.25) is 11.8 Å². The Kier molecular flexibility index (Phi) is 5.24. The Morgan fingerprint density at radius 1 is 1.35 bits per heavy atom. The molecule has 1 fully saturated rings. The number of nitrogens with zero attached hydrogens (tertiary/aromatic N) is 1. The number of esters is 1. The molecule has 0 bridgehead atoms. The van der Waals surface area contributed by atoms with Crippen LogP contribution < -0.4 is 5.32 Å². The molecule has 1 saturated heterocycles. The van der Waals surface area contributed by atoms with Gasteiger partial charge in [-0.05, 0) is 12.3 Å². The molecule has 0 aliphatic carbocycles. The van der Waals surface area contributed by atoms with Gasteiger partial charge in [-0.25, -0.2) is 14.5 Å². The lowest BCUT2D eigenvalue weighted by Crippen LogP contribution is -2.63. The van der Waals surface area contributed by atoms with Crippen molar-refractivity contribution >= 4 is 23.8 Å². The average Bonchev–Trinajstić information content (AvgIpc) is 2.38. The average molecular weight is 284 g/mol. The molecular formula is C13H20N2O5. The number of imide groups is 2. The van der Waals surface area contributed by atoms with Gasteiger partial charge in [0, 0.05) is 0 Å². The smallest absolute Gasteiger partial charge is 0.331 e. The van der Waals surface area contributed by atoms with Crippen molar-refractivity contribution in [2.75, 3.05) is 7.11 Å². The van der Waals surface area contributed by atoms with Gasteiger partial charge in [-0.15, -0.1) is 0 Å². The quantitative estimate of drug-likeness (QED) is 0.592. The van der Waals surface area contributed by atoms with Gasteiger partial charge in [0.25, 0.3) is 0 Å². The summed E-state index contributed by atoms with van der Waals surface area (Å²) >= 11 is 0. The summed E-state index contributed by atoms with van der Waals surface area (Å²) < 4.78 is 4.65. The van der Waals surface area contributed by atoms with Gasteiger partial charge >= 0.3 is 12.0 Å². The normalized spacial score (nSPS) is 20.9. The van der Waals surface area contributed by atoms with Gasteiger partial charge in [0.05, 0.1) is 7.11 Å². The van der Waals surface area contributed by atoms with Crippen molar-refractivity contribution < 1.29 is 23.9 Å². The number of hydrogen-bond acceptors (Lipinski definition) is 5. The summed E-state index contributed by atoms with van der Waals surface area (Å²) in [4.78, 5) is 48.5. The highest BCUT2D eigenvalue weighted by atomic mass is 16.5. The molecule has 0 aromatic heterocycles. The first-order valence-electron chi connectivity index (χ1n) is 6.60. The molecule has 1 aliphatic rings. The van der Waals surface area contributed by atoms with Crippen LogP contribution in [0.5, 0.6) is 0 Å². The topological polar surface area (TPSA) is 92.8 Å². The van der Waals surface area contributed by atoms with E-state index in [0.29, 0.717) is 12.8 Å². The van der Waals surface area contributed by atoms with Gasteiger partial charge in [0.1, 0.15) is 12.0 Å². The number of carbonyl (C=O) groups is 4. The number of methoxy groups -OCH3 is 1. The van der Waals surface area contributed by atoms with Crippen LogP contribution in [0.25, 0.3) is 0 Å². The lowest BCUT2D eigenvalue weighted by Gasteiger charge is -2.35. The van der Waals surface area contributed by atoms with E-state index in [2.05, 4.69) is 10.1 Å². The van der Waals surface area contributed by atoms with Gasteiger partial charge in [-0.1, -0.05) is 27.2 Å². The van der Waals surface area contributed by atoms with E-state index >= 15 is 0 Å². The third-order valence-electron chi connectivity index (χ3n) is 3.23. The summed E-state index contributed by atoms with van der Waals surface area (Å²) in [7, 11) is 1.19. The summed E-state index contributed by atoms with van der Waals surface area (Å²) in [5, 5.41) is 2.13. The zero-order valence-corrected chi connectivity index (χ0v) is 12.1. The molecule has 2 atom stereocenters. The van der Waals surface area contributed by atoms with E-state index in [9.17, 15) is 19.2 Å². The third-order valence-corrected chi connectivity index (χ3v) is 3.23. The highest BCUT2D eigenvalue weighted by molar-refractivity contribution is 6.17. The lowest BCUT2D eigenvalue weighted by atomic mass is 9.95. The minimum Gasteiger partial charge on any atom is -0.467 e. The SMILES string of the molecule is CCCC1C(=O)NC(=O)N(C(C(=O)OC)C(C)C)C1=O. The zero-order chi connectivity index (χ0) is 15.4. The van der Waals surface area contributed by atoms with Gasteiger partial charge in [-0.2, -0.15) is 0 Å². The monoisotopic (exact) mass is 284 g/mol. The number of urea groups is 1. The highest BCUT2D eigenvalue weighted by Gasteiger charge is 2.46. The molecule has 0 radical (unpaired) electrons. The lowest BCUT2D eigenvalue weighted by molar-refractivity contribution is -0.157. The molecule has 1 heterocycles. The van der Waals surface area contributed by atoms with Crippen LogP contribution in [0.15, 0.2) is 0 Å². The Morgan fingerprint density at radius 2 is 1.95 bits per heavy atom. The van der Waals surface area contributed by atoms with Crippen molar-refractivity contribution in [3.63, 3.8) is 0 Å². The van der Waals surface area contributed by atoms with E-state index in [0.717, 1.165) is 4.90 Å². The maximum Gasteiger partial charge on any atom is 0.331 e. The van der Waals surface area contributed by atoms with Crippen LogP contribution >= 0.6 is 0 Å². The Morgan fingerprint density at radius 3 is 2.40 bits per heavy atom. The maximum absolute atomic E-state index is 12.3. The number of hydrogen-bond donors (Lipinski definition) is 1. The fourth-order valence-corrected chi connectivity index (χ4v) is 2.24. The summed E-state index contributed by atoms with van der Waals surface area (Å²) in [6.07, 6.45) is 0.955. The molecule has 7 heteroatoms. The molecule has 4 amide bonds. The van der Waals surface area contributed by atoms with Crippen molar-refractivity contribution in [2.24, 2.45) is 11.8 Å². The van der Waals surface area contributed by atoms with E-state index in [1.54, 1.807) is 13.8 Å². The van der Waals surface area contributed by atoms with Crippen molar-refractivity contribution in [1.29, 1.82) is 0 Å². The summed E-state index contributed by atoms with van der Waals surface area (Å²) in [6, 6.07) is -1.89. The number of barbiturate groups is 1. The predicted molar refractivity (Wildman–Crippen MR) is 69.4 cm³/mol. The van der Waals surface area contributed by atoms with Gasteiger partial charge in [-0.3, -0.25) is 14.9 Å². The maximum atomic E-state index is 12.3. The van der Waals surface area contributed by atoms with Crippen LogP contribution in [0, 0.1) is 11.8 Å². The minimum absolute atomic E-state index is 0.312. The molecule has 112 valence electrons. The predicted octanol–water partition coefficient (Wildman–Crippen LogP) is 0.679. The zero-order valence-electron chi connectivity index (χ0n) is 12.1. The molecule has 1 N–H and O–H groups in total. The van der Waals surface area contributed by atoms with Crippen LogP contribution in [0.4, 0.5) is 4.79 Å². The van der Waals surface area contributed by atoms with Crippen LogP contribution in [0.3, 0.4) is 0 Å². The number of nitrogens with one attached hydrogen (secondary N) is 1. The van der Waals surface area contributed by atoms with Crippen LogP contribution in [0.2, 0.25) is 0 Å². The fourth-order valence-electron chi connectivity index (χ4n) is 2.24. The van der Waals surface area contributed by atoms with Gasteiger partial charge < -0.3 is 4.74 Å². The van der Waals surface area contributed by atoms with Crippen molar-refractivity contribution in [3.05, 3.63) is 0 Å². The molecule has 0 saturated carbocycles. The summed E-state index contributed by atoms with van der Waals surface area (Å²) in [6.45, 7) is 5.24. The van der Waals surface area contributed by atoms with E-state index in [-0.39, 0.29) is 5.92 Å². The standard InChI is InChI=1S/C13H20N2O5/c1-5-6-8-10(16)14-13(19)15(11(8)17)9(7(2)3)12(18)20-4/h7-9H,5-6H2,1-4H3,(H,14,16,19). The first kappa shape index (κ1) is 16.1. The second-order valence-corrected chi connectivity index (χ2v) is 5.06. The Hall–Kier alpha value is -1.92. The Bertz CT molecular complexity index is 432. The number of rotatable bonds is 5. The molecule has 7 nitrogen and oxygen atoms in total. The molecule has 1 rings (SSSR count). The van der Waals surface area contributed by atoms with Crippen LogP contribution in [-0.4, -0.2) is 41.9 Å². The number of carbonyl (C=O) groups excluding carboxylic acids is 4. The second-order valence-electron chi connectivity index (χ2n) is 5.06. The first-order chi connectivity index (χ1) is 9.34. The minimum atomic E-state index is -1.03. The molecule has 20 heavy (non-hydrogen) atoms. The highest BCUT2D eigenvalue weighted by Crippen LogP contribution is 2.22. The van der Waals surface area contributed by atoms with Crippen LogP contribution in [0.1, 0.15) is 33.6 Å². The molecule has 1 aliphatic heterocycles. The Labute approximate surface area is 117 Å². The molecule has 0 spiro atoms. The van der Waals surface area contributed by atoms with E-state index in [4.69, 9.17) is 0 Å². The number of ether oxygens (including phenoxy) is 1. The van der Waals surface area contributed by atoms with Gasteiger partial charge in [0.15, 0.2) is 0 Å². The molecule has 2 unspecified atom stereocenters. The van der Waals surface area contributed by atoms with Crippen molar-refractivity contribution in [3.8, 4) is 0 Å². The largest absolute Gasteiger partial charge is 0.467 e. The second kappa shape index (κ2) is 6.49. The van der Waals surface area contributed by atoms with E-state index in [1.807, 2.05) is 6.92 Å². The van der Waals surface area contributed by atoms with Crippen molar-refractivity contribution in [1.82, 2.24) is 10.2 Å². The first-order valence-corrected chi connectivity index (χ1v) is 6.60. The van der Waals surface area contributed by atoms with E-state index in [1.165, 1.54) is 7.11 Å². The van der Waals surface area contributed by atoms with Crippen molar-refractivity contribution in [2.45, 2.75) is 39.7 Å². The third kappa shape index (κ3) is 2.97.